The summed E-state index contributed by atoms with van der Waals surface area (Å²) in [5, 5.41) is 0. The molecule has 0 rings (SSSR count). The first kappa shape index (κ1) is 62.4. The van der Waals surface area contributed by atoms with Gasteiger partial charge in [0.15, 0.2) is 47.7 Å². The lowest BCUT2D eigenvalue weighted by atomic mass is 9.97. The summed E-state index contributed by atoms with van der Waals surface area (Å²) in [5.74, 6) is 0. The van der Waals surface area contributed by atoms with Crippen LogP contribution < -0.4 is 0 Å². The first-order valence-corrected chi connectivity index (χ1v) is 23.2. The standard InChI is InChI=1S/C15Cl32.H2O3S/c16-1(17,2(18,19)4(22,23)6(26,27)8(30,31)10(34,35)12(38,39)14(42,43)44)3(20,21)5(24,25)7(28,29)9(32,33)11(36,37)13(40,41)15(45,46)47;1-4(2)3/h;(H2,1,2,3)/p-1. The molecule has 0 aliphatic carbocycles. The van der Waals surface area contributed by atoms with Gasteiger partial charge < -0.3 is 9.11 Å². The molecule has 3 nitrogen and oxygen atoms in total. The van der Waals surface area contributed by atoms with Crippen molar-refractivity contribution >= 4 is 383 Å². The lowest BCUT2D eigenvalue weighted by Gasteiger charge is -2.58. The van der Waals surface area contributed by atoms with Crippen LogP contribution >= 0.6 is 371 Å². The fraction of sp³-hybridized carbons (Fsp3) is 1.00. The fourth-order valence-electron chi connectivity index (χ4n) is 2.52. The Balaban J connectivity index is 0. The Morgan fingerprint density at radius 2 is 0.314 bits per heavy atom. The van der Waals surface area contributed by atoms with Gasteiger partial charge >= 0.3 is 0 Å². The molecule has 1 atom stereocenters. The largest absolute Gasteiger partial charge is 0.750 e. The van der Waals surface area contributed by atoms with E-state index in [1.165, 1.54) is 0 Å². The Hall–Kier alpha value is 9.35. The highest BCUT2D eigenvalue weighted by Crippen LogP contribution is 2.77. The van der Waals surface area contributed by atoms with Gasteiger partial charge in [0.1, 0.15) is 0 Å². The van der Waals surface area contributed by atoms with Crippen molar-refractivity contribution in [2.24, 2.45) is 0 Å². The number of hydrogen-bond donors (Lipinski definition) is 1. The summed E-state index contributed by atoms with van der Waals surface area (Å²) in [6.45, 7) is 0. The van der Waals surface area contributed by atoms with Crippen molar-refractivity contribution in [2.75, 3.05) is 0 Å². The zero-order valence-corrected chi connectivity index (χ0v) is 46.3. The molecule has 0 aromatic heterocycles. The van der Waals surface area contributed by atoms with Gasteiger partial charge in [-0.3, -0.25) is 0 Å². The van der Waals surface area contributed by atoms with Crippen LogP contribution in [0.5, 0.6) is 0 Å². The molecule has 0 aromatic rings. The molecule has 51 heavy (non-hydrogen) atoms. The second-order valence-electron chi connectivity index (χ2n) is 8.68. The van der Waals surface area contributed by atoms with Crippen molar-refractivity contribution < 1.29 is 13.3 Å². The smallest absolute Gasteiger partial charge is 0.226 e. The zero-order chi connectivity index (χ0) is 43.1. The Kier molecular flexibility index (Phi) is 23.6. The van der Waals surface area contributed by atoms with Gasteiger partial charge in [-0.2, -0.15) is 0 Å². The van der Waals surface area contributed by atoms with E-state index < -0.39 is 75.3 Å². The highest BCUT2D eigenvalue weighted by molar-refractivity contribution is 7.73. The molecule has 0 heterocycles. The summed E-state index contributed by atoms with van der Waals surface area (Å²) in [4.78, 5) is 0. The molecule has 0 saturated carbocycles. The van der Waals surface area contributed by atoms with Crippen molar-refractivity contribution in [2.45, 2.75) is 63.9 Å². The number of alkyl halides is 32. The first-order chi connectivity index (χ1) is 21.2. The Labute approximate surface area is 452 Å². The molecule has 0 aromatic carbocycles. The van der Waals surface area contributed by atoms with Crippen LogP contribution in [0, 0.1) is 0 Å². The van der Waals surface area contributed by atoms with E-state index in [0.29, 0.717) is 0 Å². The van der Waals surface area contributed by atoms with E-state index >= 15 is 0 Å². The van der Waals surface area contributed by atoms with E-state index in [-0.39, 0.29) is 0 Å². The van der Waals surface area contributed by atoms with E-state index in [9.17, 15) is 0 Å². The molecule has 0 aliphatic heterocycles. The fourth-order valence-corrected chi connectivity index (χ4v) is 12.9. The quantitative estimate of drug-likeness (QED) is 0.156. The molecule has 1 N–H and O–H groups in total. The average Bonchev–Trinajstić information content (AvgIpc) is 2.85. The molecular weight excluding hydrogens is 1390 g/mol. The molecule has 0 radical (unpaired) electrons. The molecule has 0 spiro atoms. The molecular formula is C15HCl32O3S-. The van der Waals surface area contributed by atoms with Gasteiger partial charge in [-0.25, -0.2) is 4.21 Å². The van der Waals surface area contributed by atoms with Gasteiger partial charge in [0.25, 0.3) is 0 Å². The van der Waals surface area contributed by atoms with Crippen LogP contribution in [0.15, 0.2) is 0 Å². The monoisotopic (exact) mass is 1380 g/mol. The van der Waals surface area contributed by atoms with E-state index in [1.807, 2.05) is 0 Å². The van der Waals surface area contributed by atoms with Gasteiger partial charge in [0.05, 0.1) is 11.4 Å². The Morgan fingerprint density at radius 1 is 0.255 bits per heavy atom. The SMILES string of the molecule is ClC(Cl)(Cl)C(Cl)(Cl)C(Cl)(Cl)C(Cl)(Cl)C(Cl)(Cl)C(Cl)(Cl)C(Cl)(Cl)C(Cl)(Cl)C(Cl)(Cl)C(Cl)(Cl)C(Cl)(Cl)C(Cl)(Cl)C(Cl)(Cl)C(Cl)(Cl)C(Cl)(Cl)Cl.O=S([O-])O. The number of halogens is 32. The van der Waals surface area contributed by atoms with Crippen LogP contribution in [-0.2, 0) is 11.4 Å². The highest BCUT2D eigenvalue weighted by atomic mass is 35.6. The summed E-state index contributed by atoms with van der Waals surface area (Å²) in [5.41, 5.74) is 0. The molecule has 310 valence electrons. The van der Waals surface area contributed by atoms with Crippen LogP contribution in [0.4, 0.5) is 0 Å². The normalized spacial score (nSPS) is 17.2. The predicted molar refractivity (Wildman–Crippen MR) is 240 cm³/mol. The van der Waals surface area contributed by atoms with Crippen LogP contribution in [0.1, 0.15) is 0 Å². The maximum atomic E-state index is 8.56. The molecule has 0 saturated heterocycles. The van der Waals surface area contributed by atoms with Crippen molar-refractivity contribution in [3.05, 3.63) is 0 Å². The summed E-state index contributed by atoms with van der Waals surface area (Å²) >= 11 is 197. The minimum Gasteiger partial charge on any atom is -0.750 e. The second kappa shape index (κ2) is 19.3. The van der Waals surface area contributed by atoms with Gasteiger partial charge in [0, 0.05) is 0 Å². The van der Waals surface area contributed by atoms with Crippen molar-refractivity contribution in [3.8, 4) is 0 Å². The molecule has 1 unspecified atom stereocenters. The zero-order valence-electron chi connectivity index (χ0n) is 21.3. The van der Waals surface area contributed by atoms with Crippen molar-refractivity contribution in [3.63, 3.8) is 0 Å². The number of hydrogen-bond acceptors (Lipinski definition) is 2. The first-order valence-electron chi connectivity index (χ1n) is 10.1. The van der Waals surface area contributed by atoms with Crippen LogP contribution in [-0.4, -0.2) is 77.2 Å². The van der Waals surface area contributed by atoms with E-state index in [4.69, 9.17) is 385 Å². The lowest BCUT2D eigenvalue weighted by molar-refractivity contribution is 0.402. The van der Waals surface area contributed by atoms with E-state index in [1.54, 1.807) is 0 Å². The third-order valence-corrected chi connectivity index (χ3v) is 27.7. The second-order valence-corrected chi connectivity index (χ2v) is 30.9. The Morgan fingerprint density at radius 3 is 0.373 bits per heavy atom. The third kappa shape index (κ3) is 10.7. The minimum absolute atomic E-state index is 2.82. The van der Waals surface area contributed by atoms with Crippen molar-refractivity contribution in [1.82, 2.24) is 0 Å². The van der Waals surface area contributed by atoms with Gasteiger partial charge in [-0.15, -0.1) is 0 Å². The van der Waals surface area contributed by atoms with Crippen LogP contribution in [0.3, 0.4) is 0 Å². The summed E-state index contributed by atoms with van der Waals surface area (Å²) in [6.07, 6.45) is 0. The maximum absolute atomic E-state index is 8.56. The molecule has 0 fully saturated rings. The Bertz CT molecular complexity index is 1160. The molecule has 0 bridgehead atoms. The third-order valence-electron chi connectivity index (χ3n) is 5.44. The van der Waals surface area contributed by atoms with Gasteiger partial charge in [-0.05, 0) is 0 Å². The summed E-state index contributed by atoms with van der Waals surface area (Å²) in [7, 11) is 0. The number of rotatable bonds is 12. The molecule has 0 amide bonds. The highest BCUT2D eigenvalue weighted by Gasteiger charge is 2.87. The summed E-state index contributed by atoms with van der Waals surface area (Å²) in [6, 6.07) is 0. The van der Waals surface area contributed by atoms with Crippen LogP contribution in [0.2, 0.25) is 0 Å². The average molecular weight is 1400 g/mol. The van der Waals surface area contributed by atoms with Gasteiger partial charge in [0.2, 0.25) is 16.3 Å². The topological polar surface area (TPSA) is 60.4 Å². The molecule has 36 heteroatoms. The predicted octanol–water partition coefficient (Wildman–Crippen LogP) is 18.3. The van der Waals surface area contributed by atoms with Crippen LogP contribution in [0.25, 0.3) is 0 Å². The van der Waals surface area contributed by atoms with Gasteiger partial charge in [-0.1, -0.05) is 371 Å². The van der Waals surface area contributed by atoms with E-state index in [0.717, 1.165) is 0 Å². The maximum Gasteiger partial charge on any atom is 0.226 e. The molecule has 0 aliphatic rings. The minimum atomic E-state index is -3.57. The van der Waals surface area contributed by atoms with Crippen molar-refractivity contribution in [1.29, 1.82) is 0 Å². The lowest BCUT2D eigenvalue weighted by Crippen LogP contribution is -2.75. The van der Waals surface area contributed by atoms with E-state index in [2.05, 4.69) is 0 Å². The summed E-state index contributed by atoms with van der Waals surface area (Å²) < 4.78 is -25.5.